The van der Waals surface area contributed by atoms with E-state index >= 15 is 0 Å². The van der Waals surface area contributed by atoms with Crippen LogP contribution in [-0.4, -0.2) is 202 Å². The van der Waals surface area contributed by atoms with Gasteiger partial charge in [-0.25, -0.2) is 4.79 Å². The van der Waals surface area contributed by atoms with Crippen molar-refractivity contribution in [3.63, 3.8) is 0 Å². The predicted molar refractivity (Wildman–Crippen MR) is 257 cm³/mol. The third-order valence-electron chi connectivity index (χ3n) is 12.8. The zero-order valence-corrected chi connectivity index (χ0v) is 41.4. The number of carbonyl (C=O) groups is 3. The van der Waals surface area contributed by atoms with Gasteiger partial charge in [-0.1, -0.05) is 48.5 Å². The Morgan fingerprint density at radius 1 is 0.385 bits per heavy atom. The van der Waals surface area contributed by atoms with Crippen molar-refractivity contribution >= 4 is 17.9 Å². The highest BCUT2D eigenvalue weighted by Gasteiger charge is 2.48. The second kappa shape index (κ2) is 27.1. The van der Waals surface area contributed by atoms with Gasteiger partial charge < -0.3 is 114 Å². The Balaban J connectivity index is 0.929. The van der Waals surface area contributed by atoms with Gasteiger partial charge in [0.1, 0.15) is 123 Å². The van der Waals surface area contributed by atoms with Gasteiger partial charge >= 0.3 is 17.9 Å². The van der Waals surface area contributed by atoms with Crippen LogP contribution in [0.5, 0.6) is 23.0 Å². The number of aliphatic hydroxyl groups is 13. The smallest absolute Gasteiger partial charge is 0.339 e. The number of aliphatic hydroxyl groups excluding tert-OH is 12. The molecule has 3 aliphatic heterocycles. The standard InChI is InChI=1S/C52H62O26/c53-19-34-39(58)42(61)45(64)48(76-34)73-31-11-3-26(4-12-31)22-69-30-9-1-27(2-10-30)23-70-37(56)17-52(68,51(67)72-25-29-7-15-33(16-8-29)75-50-47(66)44(63)41(60)36(21-55)78-50)18-38(57)71-24-28-5-13-32(14-6-28)74-49-46(65)43(62)40(59)35(20-54)77-49/h1-16,34-36,39-50,53-55,58-66,68H,17-25H2/t34-,35-,36-,39-,40-,41-,42+,43+,44+,45-,46-,47-,48-,49-,50-,52?/m1/s1. The fraction of sp³-hybridized carbons (Fsp3) is 0.481. The summed E-state index contributed by atoms with van der Waals surface area (Å²) in [5.41, 5.74) is -0.952. The Kier molecular flexibility index (Phi) is 20.7. The molecule has 3 aliphatic rings. The molecule has 0 bridgehead atoms. The zero-order chi connectivity index (χ0) is 56.3. The van der Waals surface area contributed by atoms with Gasteiger partial charge in [0, 0.05) is 0 Å². The largest absolute Gasteiger partial charge is 0.489 e. The molecule has 0 aromatic heterocycles. The van der Waals surface area contributed by atoms with E-state index in [1.54, 1.807) is 48.5 Å². The molecule has 0 radical (unpaired) electrons. The molecule has 0 spiro atoms. The van der Waals surface area contributed by atoms with Crippen molar-refractivity contribution in [1.29, 1.82) is 0 Å². The Morgan fingerprint density at radius 2 is 0.667 bits per heavy atom. The molecule has 3 heterocycles. The summed E-state index contributed by atoms with van der Waals surface area (Å²) >= 11 is 0. The molecule has 7 rings (SSSR count). The lowest BCUT2D eigenvalue weighted by molar-refractivity contribution is -0.277. The first-order valence-electron chi connectivity index (χ1n) is 24.4. The Bertz CT molecular complexity index is 2530. The second-order valence-electron chi connectivity index (χ2n) is 18.6. The molecule has 3 fully saturated rings. The topological polar surface area (TPSA) is 407 Å². The third kappa shape index (κ3) is 15.1. The van der Waals surface area contributed by atoms with Crippen LogP contribution >= 0.6 is 0 Å². The molecule has 26 heteroatoms. The van der Waals surface area contributed by atoms with Crippen LogP contribution < -0.4 is 18.9 Å². The van der Waals surface area contributed by atoms with E-state index in [9.17, 15) is 80.8 Å². The van der Waals surface area contributed by atoms with Gasteiger partial charge in [0.2, 0.25) is 18.9 Å². The first-order valence-corrected chi connectivity index (χ1v) is 24.4. The number of hydrogen-bond donors (Lipinski definition) is 13. The number of esters is 3. The monoisotopic (exact) mass is 1100 g/mol. The minimum Gasteiger partial charge on any atom is -0.489 e. The summed E-state index contributed by atoms with van der Waals surface area (Å²) in [6.45, 7) is -3.08. The summed E-state index contributed by atoms with van der Waals surface area (Å²) in [7, 11) is 0. The fourth-order valence-electron chi connectivity index (χ4n) is 8.14. The van der Waals surface area contributed by atoms with Gasteiger partial charge in [-0.2, -0.15) is 0 Å². The average molecular weight is 1100 g/mol. The summed E-state index contributed by atoms with van der Waals surface area (Å²) in [4.78, 5) is 40.2. The molecule has 426 valence electrons. The van der Waals surface area contributed by atoms with Gasteiger partial charge in [0.25, 0.3) is 0 Å². The molecule has 26 nitrogen and oxygen atoms in total. The quantitative estimate of drug-likeness (QED) is 0.0258. The van der Waals surface area contributed by atoms with E-state index in [4.69, 9.17) is 47.4 Å². The van der Waals surface area contributed by atoms with Crippen LogP contribution in [0.2, 0.25) is 0 Å². The molecule has 4 aromatic carbocycles. The SMILES string of the molecule is O=C(CC(O)(CC(=O)OCc1ccc(O[C@@H]2O[C@H](CO)[C@@H](O)[C@H](O)[C@H]2O)cc1)C(=O)OCc1ccc(O[C@@H]2O[C@H](CO)[C@@H](O)[C@H](O)[C@H]2O)cc1)OCc1ccc(OCc2ccc(O[C@@H]3O[C@H](CO)[C@@H](O)[C@H](O)[C@H]3O)cc2)cc1. The van der Waals surface area contributed by atoms with Crippen LogP contribution in [0.3, 0.4) is 0 Å². The summed E-state index contributed by atoms with van der Waals surface area (Å²) in [5.74, 6) is -2.73. The van der Waals surface area contributed by atoms with Crippen LogP contribution in [0.15, 0.2) is 97.1 Å². The summed E-state index contributed by atoms with van der Waals surface area (Å²) in [5, 5.41) is 131. The van der Waals surface area contributed by atoms with E-state index in [1.165, 1.54) is 48.5 Å². The van der Waals surface area contributed by atoms with E-state index in [-0.39, 0.29) is 30.5 Å². The van der Waals surface area contributed by atoms with Crippen molar-refractivity contribution in [3.8, 4) is 23.0 Å². The van der Waals surface area contributed by atoms with E-state index < -0.39 is 162 Å². The lowest BCUT2D eigenvalue weighted by Crippen LogP contribution is -2.60. The van der Waals surface area contributed by atoms with Crippen LogP contribution in [0.4, 0.5) is 0 Å². The van der Waals surface area contributed by atoms with Crippen LogP contribution in [0.1, 0.15) is 35.1 Å². The van der Waals surface area contributed by atoms with E-state index in [2.05, 4.69) is 0 Å². The molecule has 4 aromatic rings. The van der Waals surface area contributed by atoms with Gasteiger partial charge in [0.15, 0.2) is 5.60 Å². The van der Waals surface area contributed by atoms with Crippen molar-refractivity contribution in [2.45, 2.75) is 137 Å². The molecular formula is C52H62O26. The van der Waals surface area contributed by atoms with Gasteiger partial charge in [-0.3, -0.25) is 9.59 Å². The first kappa shape index (κ1) is 59.5. The summed E-state index contributed by atoms with van der Waals surface area (Å²) < 4.78 is 54.8. The number of hydrogen-bond acceptors (Lipinski definition) is 26. The maximum absolute atomic E-state index is 13.6. The highest BCUT2D eigenvalue weighted by atomic mass is 16.7. The Hall–Kier alpha value is -6.15. The predicted octanol–water partition coefficient (Wildman–Crippen LogP) is -3.16. The lowest BCUT2D eigenvalue weighted by Gasteiger charge is -2.39. The Labute approximate surface area is 444 Å². The maximum Gasteiger partial charge on any atom is 0.339 e. The fourth-order valence-corrected chi connectivity index (χ4v) is 8.14. The highest BCUT2D eigenvalue weighted by Crippen LogP contribution is 2.29. The van der Waals surface area contributed by atoms with E-state index in [0.717, 1.165) is 0 Å². The van der Waals surface area contributed by atoms with Crippen LogP contribution in [0.25, 0.3) is 0 Å². The summed E-state index contributed by atoms with van der Waals surface area (Å²) in [6.07, 6.45) is -24.6. The number of benzene rings is 4. The zero-order valence-electron chi connectivity index (χ0n) is 41.4. The lowest BCUT2D eigenvalue weighted by atomic mass is 9.95. The van der Waals surface area contributed by atoms with Gasteiger partial charge in [0.05, 0.1) is 32.7 Å². The molecule has 13 N–H and O–H groups in total. The molecular weight excluding hydrogens is 1040 g/mol. The summed E-state index contributed by atoms with van der Waals surface area (Å²) in [6, 6.07) is 24.2. The highest BCUT2D eigenvalue weighted by molar-refractivity contribution is 5.90. The molecule has 78 heavy (non-hydrogen) atoms. The van der Waals surface area contributed by atoms with Crippen LogP contribution in [-0.2, 0) is 69.2 Å². The van der Waals surface area contributed by atoms with E-state index in [1.807, 2.05) is 0 Å². The average Bonchev–Trinajstić information content (AvgIpc) is 3.48. The minimum atomic E-state index is -2.83. The normalized spacial score (nSPS) is 29.8. The van der Waals surface area contributed by atoms with Gasteiger partial charge in [-0.15, -0.1) is 0 Å². The van der Waals surface area contributed by atoms with Crippen molar-refractivity contribution in [1.82, 2.24) is 0 Å². The minimum absolute atomic E-state index is 0.100. The van der Waals surface area contributed by atoms with Crippen molar-refractivity contribution in [3.05, 3.63) is 119 Å². The van der Waals surface area contributed by atoms with E-state index in [0.29, 0.717) is 28.0 Å². The van der Waals surface area contributed by atoms with Crippen molar-refractivity contribution in [2.24, 2.45) is 0 Å². The van der Waals surface area contributed by atoms with Crippen LogP contribution in [0, 0.1) is 0 Å². The Morgan fingerprint density at radius 3 is 0.974 bits per heavy atom. The third-order valence-corrected chi connectivity index (χ3v) is 12.8. The molecule has 0 aliphatic carbocycles. The maximum atomic E-state index is 13.6. The van der Waals surface area contributed by atoms with Gasteiger partial charge in [-0.05, 0) is 70.8 Å². The molecule has 0 amide bonds. The molecule has 3 saturated heterocycles. The second-order valence-corrected chi connectivity index (χ2v) is 18.6. The van der Waals surface area contributed by atoms with Crippen molar-refractivity contribution < 1.29 is 128 Å². The molecule has 16 atom stereocenters. The number of carbonyl (C=O) groups excluding carboxylic acids is 3. The molecule has 0 saturated carbocycles. The number of rotatable bonds is 23. The number of ether oxygens (including phenoxy) is 10. The first-order chi connectivity index (χ1) is 37.3. The van der Waals surface area contributed by atoms with Crippen molar-refractivity contribution in [2.75, 3.05) is 19.8 Å². The molecule has 1 unspecified atom stereocenters.